The fraction of sp³-hybridized carbons (Fsp3) is 0.655. The number of allylic oxidation sites excluding steroid dienone is 4. The van der Waals surface area contributed by atoms with Crippen LogP contribution in [-0.2, 0) is 131 Å². The number of aliphatic hydroxyl groups excluding tert-OH is 1. The second-order valence-electron chi connectivity index (χ2n) is 41.3. The third-order valence-electron chi connectivity index (χ3n) is 29.2. The van der Waals surface area contributed by atoms with Gasteiger partial charge in [0.1, 0.15) is 48.5 Å². The van der Waals surface area contributed by atoms with Crippen LogP contribution in [0.3, 0.4) is 0 Å². The van der Waals surface area contributed by atoms with Crippen LogP contribution in [-0.4, -0.2) is 297 Å². The van der Waals surface area contributed by atoms with Gasteiger partial charge < -0.3 is 104 Å². The lowest BCUT2D eigenvalue weighted by molar-refractivity contribution is -0.870. The number of rotatable bonds is 67. The second-order valence-corrected chi connectivity index (χ2v) is 41.3. The third kappa shape index (κ3) is 33.8. The maximum absolute atomic E-state index is 18.1. The molecule has 1 saturated heterocycles. The first-order chi connectivity index (χ1) is 71.1. The number of aliphatic hydroxyl groups is 1. The number of carbonyl (C=O) groups is 12. The van der Waals surface area contributed by atoms with Crippen molar-refractivity contribution in [3.63, 3.8) is 0 Å². The number of fused-ring (bicyclic) bond motifs is 10. The van der Waals surface area contributed by atoms with Crippen LogP contribution >= 0.6 is 0 Å². The van der Waals surface area contributed by atoms with Crippen LogP contribution in [0, 0.1) is 52.3 Å². The van der Waals surface area contributed by atoms with E-state index in [1.165, 1.54) is 19.1 Å². The summed E-state index contributed by atoms with van der Waals surface area (Å²) < 4.78 is 108. The summed E-state index contributed by atoms with van der Waals surface area (Å²) in [5, 5.41) is 34.9. The zero-order valence-electron chi connectivity index (χ0n) is 87.5. The number of hydrogen-bond donors (Lipinski definition) is 7. The number of ether oxygens (including phenoxy) is 12. The summed E-state index contributed by atoms with van der Waals surface area (Å²) in [6.07, 6.45) is 5.14. The minimum absolute atomic E-state index is 0.0248. The summed E-state index contributed by atoms with van der Waals surface area (Å²) in [5.74, 6) is -1.15. The smallest absolute Gasteiger partial charge is 0.407 e. The monoisotopic (exact) mass is 2070 g/mol. The molecule has 36 nitrogen and oxygen atoms in total. The molecule has 0 spiro atoms. The van der Waals surface area contributed by atoms with Crippen molar-refractivity contribution in [3.8, 4) is 11.8 Å². The molecule has 4 fully saturated rings. The zero-order chi connectivity index (χ0) is 106. The number of nitrogens with two attached hydrogens (primary N) is 1. The number of ketones is 6. The Morgan fingerprint density at radius 2 is 1.28 bits per heavy atom. The molecule has 148 heavy (non-hydrogen) atoms. The van der Waals surface area contributed by atoms with E-state index in [-0.39, 0.29) is 171 Å². The van der Waals surface area contributed by atoms with E-state index in [4.69, 9.17) is 62.6 Å². The van der Waals surface area contributed by atoms with E-state index < -0.39 is 136 Å². The topological polar surface area (TPSA) is 456 Å². The number of nitrogens with one attached hydrogen (secondary N) is 5. The van der Waals surface area contributed by atoms with Crippen molar-refractivity contribution in [1.82, 2.24) is 36.3 Å². The molecule has 8 N–H and O–H groups in total. The van der Waals surface area contributed by atoms with Gasteiger partial charge in [-0.1, -0.05) is 119 Å². The van der Waals surface area contributed by atoms with Gasteiger partial charge in [0.25, 0.3) is 0 Å². The molecule has 3 aromatic carbocycles. The molecule has 814 valence electrons. The highest BCUT2D eigenvalue weighted by Crippen LogP contribution is 2.72. The quantitative estimate of drug-likeness (QED) is 0.0123. The van der Waals surface area contributed by atoms with Crippen LogP contribution in [0.4, 0.5) is 29.7 Å². The van der Waals surface area contributed by atoms with E-state index in [2.05, 4.69) is 69.9 Å². The molecule has 2 aliphatic heterocycles. The molecule has 1 aromatic heterocycles. The number of benzene rings is 3. The first-order valence-corrected chi connectivity index (χ1v) is 52.9. The fourth-order valence-electron chi connectivity index (χ4n) is 21.3. The van der Waals surface area contributed by atoms with Crippen LogP contribution < -0.4 is 37.2 Å². The van der Waals surface area contributed by atoms with E-state index in [9.17, 15) is 62.6 Å². The number of primary amides is 1. The lowest BCUT2D eigenvalue weighted by atomic mass is 9.44. The van der Waals surface area contributed by atoms with E-state index in [0.29, 0.717) is 154 Å². The van der Waals surface area contributed by atoms with Gasteiger partial charge in [-0.3, -0.25) is 47.9 Å². The SMILES string of the molecule is CCCC1O[C@@H]2C[C@H]3[C@@H]4C[C@H](F)C5=CC(=O)C=C[C@]5(C)[C@@]4(F)[C@@H](O)C[C@]3(C)[C@]2(C(=O)CNC(=O)OCc2ccc(NC(=O)[C@H](CCCNC(N)=O)CC(=O)[C@@H](NC(=O)[C@@H](CCCCNC(=O)COC3CCCCCc4c3nnn4CCOCCOCCOCCOCCC(=O)CCC[N+](C)(C)C)CC(=O)CCOCCOCCOCCOCCCC(=O)CCC(=O)N3Cc4ccccc4C#Cc4ccccc43)C(C)C)cc2)O1. The van der Waals surface area contributed by atoms with Crippen molar-refractivity contribution in [2.24, 2.45) is 46.2 Å². The molecule has 4 aromatic rings. The van der Waals surface area contributed by atoms with Crippen LogP contribution in [0.1, 0.15) is 228 Å². The van der Waals surface area contributed by atoms with E-state index in [0.717, 1.165) is 77.3 Å². The third-order valence-corrected chi connectivity index (χ3v) is 29.2. The number of para-hydroxylation sites is 1. The molecule has 14 atom stereocenters. The van der Waals surface area contributed by atoms with Gasteiger partial charge in [-0.2, -0.15) is 0 Å². The summed E-state index contributed by atoms with van der Waals surface area (Å²) in [6.45, 7) is 14.5. The molecule has 11 rings (SSSR count). The van der Waals surface area contributed by atoms with Gasteiger partial charge in [0.2, 0.25) is 23.6 Å². The molecular formula is C110H156F2N11O25+. The Hall–Kier alpha value is -10.4. The molecule has 7 amide bonds. The van der Waals surface area contributed by atoms with E-state index >= 15 is 8.78 Å². The molecule has 2 unspecified atom stereocenters. The lowest BCUT2D eigenvalue weighted by Gasteiger charge is -2.63. The van der Waals surface area contributed by atoms with Gasteiger partial charge in [-0.15, -0.1) is 5.10 Å². The number of hydrogen-bond acceptors (Lipinski definition) is 27. The fourth-order valence-corrected chi connectivity index (χ4v) is 21.3. The predicted octanol–water partition coefficient (Wildman–Crippen LogP) is 11.2. The zero-order valence-corrected chi connectivity index (χ0v) is 87.5. The number of aromatic nitrogens is 3. The van der Waals surface area contributed by atoms with Crippen LogP contribution in [0.5, 0.6) is 0 Å². The molecule has 7 aliphatic rings. The number of anilines is 2. The molecule has 3 saturated carbocycles. The first-order valence-electron chi connectivity index (χ1n) is 52.9. The Bertz CT molecular complexity index is 5200. The standard InChI is InChI=1S/C110H155F2N11O25/c1-9-22-100-147-97-69-87-88-68-90(111)89-67-85(126)41-44-107(89,4)109(88,112)95(129)70-108(87,5)110(97,148-100)96(130)71-116-106(136)146-73-76-33-37-82(38-34-76)117-103(133)80(27-19-46-115-105(113)135)66-93(128)101(75(2)3)118-104(134)79(65-86(127)43-51-139-55-59-143-62-61-141-57-53-137-49-21-29-83(124)39-40-99(132)121-72-81-26-14-13-23-77(81)35-36-78-24-15-16-30-91(78)121)25-17-18-45-114-98(131)74-145-94-32-12-10-11-31-92-102(94)119-120-122(92)47-52-140-56-60-144-64-63-142-58-54-138-50-42-84(125)28-20-48-123(6,7)8/h13-16,23-24,26,30,33-34,37-38,41,44,67,75,79-80,87-88,90,94-95,97,100-101,129H,9-12,17-22,25,27-29,31-32,39-40,42-43,45-66,68-74H2,1-8H3,(H6-,113,114,115,116,117,118,131,133,134,135,136)/p+1/t79-,80+,87-,88-,90-,94?,95-,97+,100?,101-,107-,108-,109-,110+/m0/s1. The second kappa shape index (κ2) is 58.9. The summed E-state index contributed by atoms with van der Waals surface area (Å²) in [4.78, 5) is 164. The Kier molecular flexibility index (Phi) is 46.9. The number of urea groups is 1. The normalized spacial score (nSPS) is 22.7. The Morgan fingerprint density at radius 1 is 0.662 bits per heavy atom. The van der Waals surface area contributed by atoms with Crippen molar-refractivity contribution in [1.29, 1.82) is 0 Å². The number of nitrogens with zero attached hydrogens (tertiary/aromatic N) is 5. The maximum Gasteiger partial charge on any atom is 0.407 e. The molecule has 5 aliphatic carbocycles. The number of amides is 7. The van der Waals surface area contributed by atoms with Gasteiger partial charge in [-0.05, 0) is 155 Å². The number of unbranched alkanes of at least 4 members (excludes halogenated alkanes) is 1. The van der Waals surface area contributed by atoms with Crippen LogP contribution in [0.15, 0.2) is 96.6 Å². The largest absolute Gasteiger partial charge is 0.445 e. The van der Waals surface area contributed by atoms with Crippen molar-refractivity contribution in [3.05, 3.63) is 130 Å². The summed E-state index contributed by atoms with van der Waals surface area (Å²) in [6, 6.07) is 19.6. The van der Waals surface area contributed by atoms with Crippen LogP contribution in [0.25, 0.3) is 0 Å². The van der Waals surface area contributed by atoms with Crippen LogP contribution in [0.2, 0.25) is 0 Å². The molecule has 3 heterocycles. The van der Waals surface area contributed by atoms with Gasteiger partial charge in [0.05, 0.1) is 176 Å². The highest BCUT2D eigenvalue weighted by Gasteiger charge is 2.80. The minimum atomic E-state index is -2.42. The molecule has 0 bridgehead atoms. The van der Waals surface area contributed by atoms with Gasteiger partial charge in [-0.25, -0.2) is 23.1 Å². The summed E-state index contributed by atoms with van der Waals surface area (Å²) in [7, 11) is 6.33. The number of alkyl halides is 2. The predicted molar refractivity (Wildman–Crippen MR) is 544 cm³/mol. The van der Waals surface area contributed by atoms with Gasteiger partial charge in [0, 0.05) is 123 Å². The maximum atomic E-state index is 18.1. The van der Waals surface area contributed by atoms with Crippen molar-refractivity contribution in [2.45, 2.75) is 263 Å². The molecule has 0 radical (unpaired) electrons. The highest BCUT2D eigenvalue weighted by atomic mass is 19.1. The number of quaternary nitrogens is 1. The Labute approximate surface area is 867 Å². The van der Waals surface area contributed by atoms with Crippen molar-refractivity contribution in [2.75, 3.05) is 170 Å². The average Bonchev–Trinajstić information content (AvgIpc) is 1.47. The molecular weight excluding hydrogens is 1910 g/mol. The van der Waals surface area contributed by atoms with Crippen molar-refractivity contribution < 1.29 is 133 Å². The van der Waals surface area contributed by atoms with E-state index in [1.54, 1.807) is 49.9 Å². The van der Waals surface area contributed by atoms with E-state index in [1.807, 2.05) is 60.1 Å². The summed E-state index contributed by atoms with van der Waals surface area (Å²) in [5.41, 5.74) is 3.87. The number of alkyl carbamates (subject to hydrolysis) is 1. The first kappa shape index (κ1) is 118. The lowest BCUT2D eigenvalue weighted by Crippen LogP contribution is -2.71. The Morgan fingerprint density at radius 3 is 1.97 bits per heavy atom. The molecule has 38 heteroatoms. The minimum Gasteiger partial charge on any atom is -0.445 e. The van der Waals surface area contributed by atoms with Gasteiger partial charge in [0.15, 0.2) is 34.9 Å². The number of Topliss-reactive ketones (excluding diaryl/α,β-unsaturated/α-hetero) is 5. The number of carbonyl (C=O) groups excluding carboxylic acids is 12. The average molecular weight is 2070 g/mol. The van der Waals surface area contributed by atoms with Gasteiger partial charge >= 0.3 is 12.1 Å². The number of halogens is 2. The Balaban J connectivity index is 0.622. The highest BCUT2D eigenvalue weighted by molar-refractivity contribution is 6.02. The summed E-state index contributed by atoms with van der Waals surface area (Å²) >= 11 is 0. The van der Waals surface area contributed by atoms with Crippen molar-refractivity contribution >= 4 is 81.8 Å².